The van der Waals surface area contributed by atoms with Crippen LogP contribution >= 0.6 is 0 Å². The van der Waals surface area contributed by atoms with E-state index in [1.807, 2.05) is 0 Å². The summed E-state index contributed by atoms with van der Waals surface area (Å²) in [5.74, 6) is -2.51. The lowest BCUT2D eigenvalue weighted by Gasteiger charge is -2.33. The van der Waals surface area contributed by atoms with E-state index in [1.165, 1.54) is 31.2 Å². The fourth-order valence-corrected chi connectivity index (χ4v) is 2.80. The van der Waals surface area contributed by atoms with Crippen LogP contribution in [0.5, 0.6) is 0 Å². The van der Waals surface area contributed by atoms with Crippen LogP contribution in [0.15, 0.2) is 42.5 Å². The van der Waals surface area contributed by atoms with Crippen LogP contribution in [-0.2, 0) is 16.1 Å². The van der Waals surface area contributed by atoms with Crippen LogP contribution < -0.4 is 5.32 Å². The molecule has 0 spiro atoms. The summed E-state index contributed by atoms with van der Waals surface area (Å²) in [6.45, 7) is 1.01. The predicted octanol–water partition coefficient (Wildman–Crippen LogP) is 2.36. The van der Waals surface area contributed by atoms with Crippen molar-refractivity contribution < 1.29 is 19.8 Å². The molecule has 0 amide bonds. The summed E-state index contributed by atoms with van der Waals surface area (Å²) < 4.78 is 0. The summed E-state index contributed by atoms with van der Waals surface area (Å²) in [7, 11) is 4.39. The van der Waals surface area contributed by atoms with Crippen molar-refractivity contribution in [1.82, 2.24) is 10.2 Å². The number of hydrogen-bond donors (Lipinski definition) is 3. The maximum atomic E-state index is 9.55. The lowest BCUT2D eigenvalue weighted by atomic mass is 9.90. The fraction of sp³-hybridized carbons (Fsp3) is 0.474. The molecule has 1 aliphatic carbocycles. The average Bonchev–Trinajstić information content (AvgIpc) is 2.60. The molecule has 0 heterocycles. The lowest BCUT2D eigenvalue weighted by Crippen LogP contribution is -2.39. The highest BCUT2D eigenvalue weighted by atomic mass is 16.4. The van der Waals surface area contributed by atoms with E-state index < -0.39 is 11.9 Å². The molecule has 1 aliphatic rings. The Morgan fingerprint density at radius 1 is 1.04 bits per heavy atom. The van der Waals surface area contributed by atoms with Crippen LogP contribution in [0.2, 0.25) is 0 Å². The van der Waals surface area contributed by atoms with Crippen molar-refractivity contribution >= 4 is 11.9 Å². The Morgan fingerprint density at radius 2 is 1.56 bits per heavy atom. The molecule has 138 valence electrons. The first-order valence-corrected chi connectivity index (χ1v) is 8.46. The quantitative estimate of drug-likeness (QED) is 0.684. The van der Waals surface area contributed by atoms with Gasteiger partial charge in [-0.25, -0.2) is 9.59 Å². The monoisotopic (exact) mass is 348 g/mol. The average molecular weight is 348 g/mol. The van der Waals surface area contributed by atoms with Crippen molar-refractivity contribution in [2.45, 2.75) is 44.3 Å². The lowest BCUT2D eigenvalue weighted by molar-refractivity contribution is -0.134. The van der Waals surface area contributed by atoms with Crippen molar-refractivity contribution in [2.24, 2.45) is 0 Å². The number of benzene rings is 1. The number of carbonyl (C=O) groups is 2. The molecular formula is C19H28N2O4. The third-order valence-electron chi connectivity index (χ3n) is 4.23. The molecule has 1 aromatic carbocycles. The van der Waals surface area contributed by atoms with Crippen LogP contribution in [0.1, 0.15) is 31.2 Å². The fourth-order valence-electron chi connectivity index (χ4n) is 2.80. The van der Waals surface area contributed by atoms with Crippen molar-refractivity contribution in [3.63, 3.8) is 0 Å². The Labute approximate surface area is 149 Å². The summed E-state index contributed by atoms with van der Waals surface area (Å²) in [5.41, 5.74) is 1.39. The summed E-state index contributed by atoms with van der Waals surface area (Å²) in [6, 6.07) is 12.2. The highest BCUT2D eigenvalue weighted by molar-refractivity contribution is 5.89. The second-order valence-electron chi connectivity index (χ2n) is 6.35. The third kappa shape index (κ3) is 9.64. The van der Waals surface area contributed by atoms with E-state index in [-0.39, 0.29) is 0 Å². The largest absolute Gasteiger partial charge is 0.478 e. The van der Waals surface area contributed by atoms with Gasteiger partial charge in [0.05, 0.1) is 0 Å². The van der Waals surface area contributed by atoms with Crippen molar-refractivity contribution in [3.05, 3.63) is 48.0 Å². The maximum absolute atomic E-state index is 9.55. The number of rotatable bonds is 6. The van der Waals surface area contributed by atoms with E-state index in [9.17, 15) is 9.59 Å². The zero-order chi connectivity index (χ0) is 18.7. The molecule has 0 radical (unpaired) electrons. The van der Waals surface area contributed by atoms with Crippen LogP contribution in [0.4, 0.5) is 0 Å². The second-order valence-corrected chi connectivity index (χ2v) is 6.35. The molecule has 0 bridgehead atoms. The second kappa shape index (κ2) is 11.4. The minimum absolute atomic E-state index is 0.558. The topological polar surface area (TPSA) is 89.9 Å². The van der Waals surface area contributed by atoms with E-state index >= 15 is 0 Å². The SMILES string of the molecule is CN(C)C1CCC(NCc2ccccc2)CC1.O=C(O)C=CC(=O)O. The van der Waals surface area contributed by atoms with Gasteiger partial charge in [-0.3, -0.25) is 0 Å². The molecule has 1 saturated carbocycles. The molecule has 0 atom stereocenters. The van der Waals surface area contributed by atoms with E-state index in [4.69, 9.17) is 10.2 Å². The molecule has 6 nitrogen and oxygen atoms in total. The van der Waals surface area contributed by atoms with Gasteiger partial charge in [-0.05, 0) is 45.3 Å². The Kier molecular flexibility index (Phi) is 9.50. The number of carboxylic acids is 2. The van der Waals surface area contributed by atoms with E-state index in [1.54, 1.807) is 0 Å². The van der Waals surface area contributed by atoms with Gasteiger partial charge in [-0.15, -0.1) is 0 Å². The summed E-state index contributed by atoms with van der Waals surface area (Å²) in [5, 5.41) is 19.3. The molecular weight excluding hydrogens is 320 g/mol. The summed E-state index contributed by atoms with van der Waals surface area (Å²) in [4.78, 5) is 21.5. The van der Waals surface area contributed by atoms with Gasteiger partial charge in [0.2, 0.25) is 0 Å². The van der Waals surface area contributed by atoms with Gasteiger partial charge in [-0.2, -0.15) is 0 Å². The molecule has 0 unspecified atom stereocenters. The number of hydrogen-bond acceptors (Lipinski definition) is 4. The Hall–Kier alpha value is -2.18. The number of nitrogens with zero attached hydrogens (tertiary/aromatic N) is 1. The van der Waals surface area contributed by atoms with Gasteiger partial charge in [0.1, 0.15) is 0 Å². The molecule has 3 N–H and O–H groups in total. The first-order chi connectivity index (χ1) is 11.9. The standard InChI is InChI=1S/C15H24N2.C4H4O4/c1-17(2)15-10-8-14(9-11-15)16-12-13-6-4-3-5-7-13;5-3(6)1-2-4(7)8/h3-7,14-16H,8-12H2,1-2H3;1-2H,(H,5,6)(H,7,8). The van der Waals surface area contributed by atoms with Gasteiger partial charge < -0.3 is 20.4 Å². The third-order valence-corrected chi connectivity index (χ3v) is 4.23. The van der Waals surface area contributed by atoms with Crippen molar-refractivity contribution in [2.75, 3.05) is 14.1 Å². The highest BCUT2D eigenvalue weighted by Gasteiger charge is 2.21. The molecule has 0 aliphatic heterocycles. The molecule has 0 aromatic heterocycles. The molecule has 25 heavy (non-hydrogen) atoms. The minimum atomic E-state index is -1.26. The number of aliphatic carboxylic acids is 2. The van der Waals surface area contributed by atoms with E-state index in [2.05, 4.69) is 54.6 Å². The van der Waals surface area contributed by atoms with Crippen molar-refractivity contribution in [3.8, 4) is 0 Å². The van der Waals surface area contributed by atoms with Gasteiger partial charge >= 0.3 is 11.9 Å². The van der Waals surface area contributed by atoms with Gasteiger partial charge in [0.15, 0.2) is 0 Å². The van der Waals surface area contributed by atoms with Crippen LogP contribution in [0.3, 0.4) is 0 Å². The van der Waals surface area contributed by atoms with Gasteiger partial charge in [0, 0.05) is 30.8 Å². The summed E-state index contributed by atoms with van der Waals surface area (Å²) in [6.07, 6.45) is 6.41. The first-order valence-electron chi connectivity index (χ1n) is 8.46. The van der Waals surface area contributed by atoms with Gasteiger partial charge in [-0.1, -0.05) is 30.3 Å². The van der Waals surface area contributed by atoms with Crippen molar-refractivity contribution in [1.29, 1.82) is 0 Å². The maximum Gasteiger partial charge on any atom is 0.328 e. The Morgan fingerprint density at radius 3 is 2.00 bits per heavy atom. The normalized spacial score (nSPS) is 20.1. The smallest absolute Gasteiger partial charge is 0.328 e. The highest BCUT2D eigenvalue weighted by Crippen LogP contribution is 2.21. The van der Waals surface area contributed by atoms with Crippen LogP contribution in [-0.4, -0.2) is 53.2 Å². The summed E-state index contributed by atoms with van der Waals surface area (Å²) >= 11 is 0. The zero-order valence-corrected chi connectivity index (χ0v) is 14.9. The number of nitrogens with one attached hydrogen (secondary N) is 1. The van der Waals surface area contributed by atoms with Crippen LogP contribution in [0.25, 0.3) is 0 Å². The Balaban J connectivity index is 0.000000333. The zero-order valence-electron chi connectivity index (χ0n) is 14.9. The number of carboxylic acid groups (broad SMARTS) is 2. The van der Waals surface area contributed by atoms with Gasteiger partial charge in [0.25, 0.3) is 0 Å². The Bertz CT molecular complexity index is 534. The van der Waals surface area contributed by atoms with E-state index in [0.717, 1.165) is 12.6 Å². The van der Waals surface area contributed by atoms with E-state index in [0.29, 0.717) is 18.2 Å². The minimum Gasteiger partial charge on any atom is -0.478 e. The molecule has 1 fully saturated rings. The molecule has 6 heteroatoms. The molecule has 1 aromatic rings. The molecule has 0 saturated heterocycles. The predicted molar refractivity (Wildman–Crippen MR) is 97.4 cm³/mol. The van der Waals surface area contributed by atoms with Crippen LogP contribution in [0, 0.1) is 0 Å². The molecule has 2 rings (SSSR count). The first kappa shape index (κ1) is 20.9.